The number of hydrogen-bond acceptors (Lipinski definition) is 2. The van der Waals surface area contributed by atoms with Crippen LogP contribution in [-0.2, 0) is 0 Å². The maximum atomic E-state index is 8.69. The van der Waals surface area contributed by atoms with Crippen molar-refractivity contribution >= 4 is 12.6 Å². The normalized spacial score (nSPS) is 23.2. The Hall–Kier alpha value is 0.310. The molecule has 0 radical (unpaired) electrons. The third kappa shape index (κ3) is 1.39. The van der Waals surface area contributed by atoms with Crippen LogP contribution in [0.25, 0.3) is 0 Å². The van der Waals surface area contributed by atoms with Gasteiger partial charge in [0.1, 0.15) is 0 Å². The Bertz CT molecular complexity index is 66.9. The molecule has 2 heteroatoms. The number of aliphatic hydroxyl groups excluding tert-OH is 1. The molecule has 1 N–H and O–H groups in total. The Morgan fingerprint density at radius 2 is 2.25 bits per heavy atom. The number of thiol groups is 1. The lowest BCUT2D eigenvalue weighted by Crippen LogP contribution is -2.09. The fraction of sp³-hybridized carbons (Fsp3) is 1.00. The first-order valence-electron chi connectivity index (χ1n) is 3.10. The van der Waals surface area contributed by atoms with Crippen molar-refractivity contribution in [1.29, 1.82) is 0 Å². The maximum absolute atomic E-state index is 8.69. The Morgan fingerprint density at radius 1 is 1.62 bits per heavy atom. The van der Waals surface area contributed by atoms with Gasteiger partial charge in [-0.15, -0.1) is 0 Å². The minimum Gasteiger partial charge on any atom is -0.396 e. The average Bonchev–Trinajstić information content (AvgIpc) is 2.53. The second-order valence-electron chi connectivity index (χ2n) is 2.46. The molecule has 1 aliphatic carbocycles. The van der Waals surface area contributed by atoms with Gasteiger partial charge in [0.25, 0.3) is 0 Å². The number of rotatable bonds is 3. The molecule has 1 fully saturated rings. The molecule has 1 nitrogen and oxygen atoms in total. The van der Waals surface area contributed by atoms with Gasteiger partial charge in [-0.1, -0.05) is 0 Å². The first kappa shape index (κ1) is 6.43. The molecule has 48 valence electrons. The Balaban J connectivity index is 2.15. The second-order valence-corrected chi connectivity index (χ2v) is 2.83. The van der Waals surface area contributed by atoms with E-state index in [0.717, 1.165) is 11.7 Å². The quantitative estimate of drug-likeness (QED) is 0.547. The number of hydrogen-bond donors (Lipinski definition) is 2. The molecule has 8 heavy (non-hydrogen) atoms. The van der Waals surface area contributed by atoms with Gasteiger partial charge in [0, 0.05) is 6.61 Å². The lowest BCUT2D eigenvalue weighted by Gasteiger charge is -2.06. The molecule has 1 aliphatic rings. The Labute approximate surface area is 55.5 Å². The molecule has 0 aromatic rings. The molecule has 0 heterocycles. The van der Waals surface area contributed by atoms with E-state index in [-0.39, 0.29) is 0 Å². The molecule has 0 saturated heterocycles. The summed E-state index contributed by atoms with van der Waals surface area (Å²) in [4.78, 5) is 0. The highest BCUT2D eigenvalue weighted by Gasteiger charge is 2.29. The van der Waals surface area contributed by atoms with Crippen molar-refractivity contribution in [3.8, 4) is 0 Å². The van der Waals surface area contributed by atoms with Crippen LogP contribution in [0.3, 0.4) is 0 Å². The maximum Gasteiger partial charge on any atom is 0.0469 e. The van der Waals surface area contributed by atoms with E-state index in [1.54, 1.807) is 0 Å². The van der Waals surface area contributed by atoms with E-state index in [1.165, 1.54) is 12.8 Å². The van der Waals surface area contributed by atoms with Gasteiger partial charge in [0.15, 0.2) is 0 Å². The third-order valence-electron chi connectivity index (χ3n) is 1.76. The molecule has 0 spiro atoms. The van der Waals surface area contributed by atoms with Crippen molar-refractivity contribution in [2.75, 3.05) is 12.4 Å². The van der Waals surface area contributed by atoms with Gasteiger partial charge in [-0.05, 0) is 30.4 Å². The summed E-state index contributed by atoms with van der Waals surface area (Å²) in [6.45, 7) is 0.328. The van der Waals surface area contributed by atoms with Crippen LogP contribution in [-0.4, -0.2) is 17.5 Å². The monoisotopic (exact) mass is 132 g/mol. The van der Waals surface area contributed by atoms with E-state index in [2.05, 4.69) is 12.6 Å². The Kier molecular flexibility index (Phi) is 2.20. The molecule has 1 saturated carbocycles. The minimum absolute atomic E-state index is 0.328. The minimum atomic E-state index is 0.328. The highest BCUT2D eigenvalue weighted by Crippen LogP contribution is 2.36. The van der Waals surface area contributed by atoms with Gasteiger partial charge < -0.3 is 5.11 Å². The summed E-state index contributed by atoms with van der Waals surface area (Å²) in [7, 11) is 0. The van der Waals surface area contributed by atoms with Crippen molar-refractivity contribution in [3.05, 3.63) is 0 Å². The zero-order valence-corrected chi connectivity index (χ0v) is 5.77. The summed E-state index contributed by atoms with van der Waals surface area (Å²) in [5.41, 5.74) is 0. The van der Waals surface area contributed by atoms with Gasteiger partial charge in [-0.25, -0.2) is 0 Å². The summed E-state index contributed by atoms with van der Waals surface area (Å²) in [5, 5.41) is 8.69. The molecule has 1 atom stereocenters. The van der Waals surface area contributed by atoms with Crippen LogP contribution in [0.5, 0.6) is 0 Å². The summed E-state index contributed by atoms with van der Waals surface area (Å²) in [6.07, 6.45) is 2.62. The zero-order valence-electron chi connectivity index (χ0n) is 4.88. The fourth-order valence-corrected chi connectivity index (χ4v) is 1.34. The summed E-state index contributed by atoms with van der Waals surface area (Å²) in [5.74, 6) is 2.14. The molecule has 0 amide bonds. The molecular weight excluding hydrogens is 120 g/mol. The van der Waals surface area contributed by atoms with Gasteiger partial charge in [0.05, 0.1) is 0 Å². The summed E-state index contributed by atoms with van der Waals surface area (Å²) in [6, 6.07) is 0. The molecule has 0 bridgehead atoms. The summed E-state index contributed by atoms with van der Waals surface area (Å²) >= 11 is 4.12. The first-order valence-corrected chi connectivity index (χ1v) is 3.73. The molecule has 0 aliphatic heterocycles. The Morgan fingerprint density at radius 3 is 2.38 bits per heavy atom. The van der Waals surface area contributed by atoms with Crippen molar-refractivity contribution in [1.82, 2.24) is 0 Å². The van der Waals surface area contributed by atoms with Gasteiger partial charge in [-0.2, -0.15) is 12.6 Å². The first-order chi connectivity index (χ1) is 3.88. The topological polar surface area (TPSA) is 20.2 Å². The zero-order chi connectivity index (χ0) is 5.98. The molecular formula is C6H12OS. The van der Waals surface area contributed by atoms with Gasteiger partial charge in [0.2, 0.25) is 0 Å². The number of aliphatic hydroxyl groups is 1. The van der Waals surface area contributed by atoms with Crippen LogP contribution in [0.2, 0.25) is 0 Å². The van der Waals surface area contributed by atoms with Gasteiger partial charge >= 0.3 is 0 Å². The molecule has 0 aromatic heterocycles. The van der Waals surface area contributed by atoms with Crippen molar-refractivity contribution in [3.63, 3.8) is 0 Å². The highest BCUT2D eigenvalue weighted by molar-refractivity contribution is 7.80. The highest BCUT2D eigenvalue weighted by atomic mass is 32.1. The van der Waals surface area contributed by atoms with Crippen molar-refractivity contribution in [2.24, 2.45) is 11.8 Å². The van der Waals surface area contributed by atoms with E-state index in [4.69, 9.17) is 5.11 Å². The van der Waals surface area contributed by atoms with Crippen LogP contribution < -0.4 is 0 Å². The lowest BCUT2D eigenvalue weighted by molar-refractivity contribution is 0.225. The summed E-state index contributed by atoms with van der Waals surface area (Å²) < 4.78 is 0. The van der Waals surface area contributed by atoms with E-state index in [0.29, 0.717) is 12.5 Å². The SMILES string of the molecule is OCC(CS)C1CC1. The van der Waals surface area contributed by atoms with Crippen molar-refractivity contribution < 1.29 is 5.11 Å². The second kappa shape index (κ2) is 2.74. The average molecular weight is 132 g/mol. The van der Waals surface area contributed by atoms with Gasteiger partial charge in [-0.3, -0.25) is 0 Å². The van der Waals surface area contributed by atoms with E-state index in [1.807, 2.05) is 0 Å². The lowest BCUT2D eigenvalue weighted by atomic mass is 10.1. The van der Waals surface area contributed by atoms with Crippen LogP contribution >= 0.6 is 12.6 Å². The van der Waals surface area contributed by atoms with Crippen LogP contribution in [0.1, 0.15) is 12.8 Å². The van der Waals surface area contributed by atoms with Crippen LogP contribution in [0, 0.1) is 11.8 Å². The smallest absolute Gasteiger partial charge is 0.0469 e. The van der Waals surface area contributed by atoms with Crippen molar-refractivity contribution in [2.45, 2.75) is 12.8 Å². The fourth-order valence-electron chi connectivity index (χ4n) is 0.924. The molecule has 1 rings (SSSR count). The predicted octanol–water partition coefficient (Wildman–Crippen LogP) is 0.935. The van der Waals surface area contributed by atoms with E-state index in [9.17, 15) is 0 Å². The molecule has 0 aromatic carbocycles. The third-order valence-corrected chi connectivity index (χ3v) is 2.23. The standard InChI is InChI=1S/C6H12OS/c7-3-6(4-8)5-1-2-5/h5-8H,1-4H2. The van der Waals surface area contributed by atoms with E-state index < -0.39 is 0 Å². The van der Waals surface area contributed by atoms with Crippen LogP contribution in [0.4, 0.5) is 0 Å². The van der Waals surface area contributed by atoms with E-state index >= 15 is 0 Å². The largest absolute Gasteiger partial charge is 0.396 e. The predicted molar refractivity (Wildman–Crippen MR) is 37.2 cm³/mol. The van der Waals surface area contributed by atoms with Crippen LogP contribution in [0.15, 0.2) is 0 Å². The molecule has 1 unspecified atom stereocenters.